The van der Waals surface area contributed by atoms with Crippen LogP contribution in [-0.2, 0) is 11.8 Å². The van der Waals surface area contributed by atoms with Crippen molar-refractivity contribution in [2.45, 2.75) is 44.8 Å². The van der Waals surface area contributed by atoms with Crippen LogP contribution in [0.2, 0.25) is 0 Å². The minimum Gasteiger partial charge on any atom is -0.362 e. The third-order valence-corrected chi connectivity index (χ3v) is 4.50. The highest BCUT2D eigenvalue weighted by Crippen LogP contribution is 2.40. The van der Waals surface area contributed by atoms with Gasteiger partial charge in [0, 0.05) is 25.2 Å². The molecule has 2 atom stereocenters. The summed E-state index contributed by atoms with van der Waals surface area (Å²) in [6.07, 6.45) is 1.86. The molecule has 128 valence electrons. The summed E-state index contributed by atoms with van der Waals surface area (Å²) in [6.45, 7) is 4.61. The Morgan fingerprint density at radius 1 is 1.33 bits per heavy atom. The maximum absolute atomic E-state index is 12.9. The lowest BCUT2D eigenvalue weighted by molar-refractivity contribution is -0.0811. The lowest BCUT2D eigenvalue weighted by Crippen LogP contribution is -2.46. The molecule has 1 amide bonds. The maximum atomic E-state index is 12.9. The van der Waals surface area contributed by atoms with Crippen LogP contribution >= 0.6 is 0 Å². The van der Waals surface area contributed by atoms with Crippen molar-refractivity contribution in [3.63, 3.8) is 0 Å². The van der Waals surface area contributed by atoms with Crippen LogP contribution in [0.25, 0.3) is 0 Å². The fourth-order valence-corrected chi connectivity index (χ4v) is 3.21. The van der Waals surface area contributed by atoms with Crippen LogP contribution in [0.1, 0.15) is 59.7 Å². The molecule has 1 saturated heterocycles. The second-order valence-corrected chi connectivity index (χ2v) is 6.68. The molecule has 0 bridgehead atoms. The molecule has 0 spiro atoms. The molecular formula is C16H21N5O3. The van der Waals surface area contributed by atoms with Crippen molar-refractivity contribution >= 4 is 5.91 Å². The topological polar surface area (TPSA) is 86.3 Å². The standard InChI is InChI=1S/C16H21N5O3/c1-9-7-21(8-14(23-9)15-17-10(2)19-24-15)16(22)12-6-13(11-4-5-11)20(3)18-12/h6,9,11,14H,4-5,7-8H2,1-3H3/t9-,14-/m1/s1. The van der Waals surface area contributed by atoms with Crippen molar-refractivity contribution in [3.05, 3.63) is 29.2 Å². The Labute approximate surface area is 139 Å². The summed E-state index contributed by atoms with van der Waals surface area (Å²) < 4.78 is 12.9. The smallest absolute Gasteiger partial charge is 0.274 e. The summed E-state index contributed by atoms with van der Waals surface area (Å²) >= 11 is 0. The highest BCUT2D eigenvalue weighted by molar-refractivity contribution is 5.92. The lowest BCUT2D eigenvalue weighted by Gasteiger charge is -2.34. The Morgan fingerprint density at radius 2 is 2.12 bits per heavy atom. The average molecular weight is 331 g/mol. The third kappa shape index (κ3) is 2.82. The van der Waals surface area contributed by atoms with E-state index in [2.05, 4.69) is 15.2 Å². The van der Waals surface area contributed by atoms with Gasteiger partial charge in [0.1, 0.15) is 0 Å². The number of carbonyl (C=O) groups is 1. The predicted octanol–water partition coefficient (Wildman–Crippen LogP) is 1.59. The van der Waals surface area contributed by atoms with E-state index in [4.69, 9.17) is 9.26 Å². The van der Waals surface area contributed by atoms with Crippen molar-refractivity contribution < 1.29 is 14.1 Å². The van der Waals surface area contributed by atoms with E-state index in [1.165, 1.54) is 12.8 Å². The van der Waals surface area contributed by atoms with Gasteiger partial charge in [-0.15, -0.1) is 0 Å². The summed E-state index contributed by atoms with van der Waals surface area (Å²) in [4.78, 5) is 18.8. The largest absolute Gasteiger partial charge is 0.362 e. The molecule has 1 aliphatic carbocycles. The molecule has 3 heterocycles. The van der Waals surface area contributed by atoms with Gasteiger partial charge in [0.05, 0.1) is 12.6 Å². The van der Waals surface area contributed by atoms with Gasteiger partial charge in [0.2, 0.25) is 0 Å². The summed E-state index contributed by atoms with van der Waals surface area (Å²) in [5, 5.41) is 8.21. The van der Waals surface area contributed by atoms with Crippen LogP contribution in [0, 0.1) is 6.92 Å². The molecule has 8 heteroatoms. The molecule has 24 heavy (non-hydrogen) atoms. The molecular weight excluding hydrogens is 310 g/mol. The van der Waals surface area contributed by atoms with Gasteiger partial charge in [-0.3, -0.25) is 9.48 Å². The van der Waals surface area contributed by atoms with Gasteiger partial charge in [0.15, 0.2) is 17.6 Å². The Morgan fingerprint density at radius 3 is 2.79 bits per heavy atom. The van der Waals surface area contributed by atoms with Crippen molar-refractivity contribution in [2.24, 2.45) is 7.05 Å². The summed E-state index contributed by atoms with van der Waals surface area (Å²) in [5.74, 6) is 1.45. The highest BCUT2D eigenvalue weighted by atomic mass is 16.5. The fourth-order valence-electron chi connectivity index (χ4n) is 3.21. The van der Waals surface area contributed by atoms with E-state index in [1.807, 2.05) is 24.7 Å². The molecule has 4 rings (SSSR count). The molecule has 2 fully saturated rings. The van der Waals surface area contributed by atoms with Crippen molar-refractivity contribution in [2.75, 3.05) is 13.1 Å². The van der Waals surface area contributed by atoms with Crippen molar-refractivity contribution in [1.29, 1.82) is 0 Å². The number of amides is 1. The van der Waals surface area contributed by atoms with E-state index in [0.29, 0.717) is 36.4 Å². The third-order valence-electron chi connectivity index (χ3n) is 4.50. The van der Waals surface area contributed by atoms with Crippen molar-refractivity contribution in [3.8, 4) is 0 Å². The van der Waals surface area contributed by atoms with Crippen LogP contribution in [0.15, 0.2) is 10.6 Å². The quantitative estimate of drug-likeness (QED) is 0.849. The molecule has 2 aliphatic rings. The van der Waals surface area contributed by atoms with Gasteiger partial charge in [-0.05, 0) is 32.8 Å². The predicted molar refractivity (Wildman–Crippen MR) is 83.4 cm³/mol. The summed E-state index contributed by atoms with van der Waals surface area (Å²) in [5.41, 5.74) is 1.64. The molecule has 2 aromatic heterocycles. The zero-order chi connectivity index (χ0) is 16.8. The minimum absolute atomic E-state index is 0.0751. The van der Waals surface area contributed by atoms with Gasteiger partial charge < -0.3 is 14.2 Å². The van der Waals surface area contributed by atoms with E-state index in [1.54, 1.807) is 11.8 Å². The molecule has 8 nitrogen and oxygen atoms in total. The Kier molecular flexibility index (Phi) is 3.64. The fraction of sp³-hybridized carbons (Fsp3) is 0.625. The highest BCUT2D eigenvalue weighted by Gasteiger charge is 2.35. The van der Waals surface area contributed by atoms with Gasteiger partial charge in [-0.2, -0.15) is 10.1 Å². The molecule has 1 saturated carbocycles. The number of nitrogens with zero attached hydrogens (tertiary/aromatic N) is 5. The number of morpholine rings is 1. The number of hydrogen-bond acceptors (Lipinski definition) is 6. The van der Waals surface area contributed by atoms with Gasteiger partial charge in [-0.25, -0.2) is 0 Å². The SMILES string of the molecule is Cc1noc([C@H]2CN(C(=O)c3cc(C4CC4)n(C)n3)C[C@@H](C)O2)n1. The Hall–Kier alpha value is -2.22. The number of rotatable bonds is 3. The number of aromatic nitrogens is 4. The number of aryl methyl sites for hydroxylation is 2. The molecule has 0 aromatic carbocycles. The Bertz CT molecular complexity index is 764. The van der Waals surface area contributed by atoms with Crippen molar-refractivity contribution in [1.82, 2.24) is 24.8 Å². The van der Waals surface area contributed by atoms with E-state index in [9.17, 15) is 4.79 Å². The monoisotopic (exact) mass is 331 g/mol. The average Bonchev–Trinajstić information content (AvgIpc) is 3.18. The van der Waals surface area contributed by atoms with Crippen LogP contribution in [0.5, 0.6) is 0 Å². The minimum atomic E-state index is -0.398. The van der Waals surface area contributed by atoms with E-state index in [0.717, 1.165) is 5.69 Å². The second-order valence-electron chi connectivity index (χ2n) is 6.68. The first-order valence-corrected chi connectivity index (χ1v) is 8.30. The number of ether oxygens (including phenoxy) is 1. The molecule has 2 aromatic rings. The van der Waals surface area contributed by atoms with E-state index >= 15 is 0 Å². The van der Waals surface area contributed by atoms with Crippen LogP contribution in [-0.4, -0.2) is 49.9 Å². The van der Waals surface area contributed by atoms with Crippen LogP contribution < -0.4 is 0 Å². The first kappa shape index (κ1) is 15.3. The first-order valence-electron chi connectivity index (χ1n) is 8.30. The second kappa shape index (κ2) is 5.70. The zero-order valence-electron chi connectivity index (χ0n) is 14.1. The normalized spacial score (nSPS) is 24.4. The first-order chi connectivity index (χ1) is 11.5. The molecule has 0 unspecified atom stereocenters. The molecule has 0 N–H and O–H groups in total. The van der Waals surface area contributed by atoms with Crippen LogP contribution in [0.3, 0.4) is 0 Å². The van der Waals surface area contributed by atoms with E-state index in [-0.39, 0.29) is 12.0 Å². The van der Waals surface area contributed by atoms with Gasteiger partial charge >= 0.3 is 0 Å². The van der Waals surface area contributed by atoms with Crippen LogP contribution in [0.4, 0.5) is 0 Å². The zero-order valence-corrected chi connectivity index (χ0v) is 14.1. The van der Waals surface area contributed by atoms with Gasteiger partial charge in [0.25, 0.3) is 11.8 Å². The van der Waals surface area contributed by atoms with E-state index < -0.39 is 6.10 Å². The summed E-state index contributed by atoms with van der Waals surface area (Å²) in [6, 6.07) is 1.92. The molecule has 0 radical (unpaired) electrons. The molecule has 1 aliphatic heterocycles. The number of carbonyl (C=O) groups excluding carboxylic acids is 1. The van der Waals surface area contributed by atoms with Gasteiger partial charge in [-0.1, -0.05) is 5.16 Å². The lowest BCUT2D eigenvalue weighted by atomic mass is 10.2. The number of hydrogen-bond donors (Lipinski definition) is 0. The Balaban J connectivity index is 1.53. The maximum Gasteiger partial charge on any atom is 0.274 e. The summed E-state index contributed by atoms with van der Waals surface area (Å²) in [7, 11) is 1.90.